The van der Waals surface area contributed by atoms with Gasteiger partial charge < -0.3 is 15.2 Å². The smallest absolute Gasteiger partial charge is 0.323 e. The van der Waals surface area contributed by atoms with Gasteiger partial charge in [0, 0.05) is 6.42 Å². The van der Waals surface area contributed by atoms with Crippen molar-refractivity contribution in [2.75, 3.05) is 13.2 Å². The van der Waals surface area contributed by atoms with Crippen LogP contribution in [0.3, 0.4) is 0 Å². The van der Waals surface area contributed by atoms with E-state index in [0.717, 1.165) is 11.1 Å². The Morgan fingerprint density at radius 3 is 2.48 bits per heavy atom. The number of aryl methyl sites for hydroxylation is 1. The molecule has 0 saturated heterocycles. The fourth-order valence-corrected chi connectivity index (χ4v) is 1.98. The molecular formula is C16H23NO4. The van der Waals surface area contributed by atoms with E-state index in [1.807, 2.05) is 24.3 Å². The van der Waals surface area contributed by atoms with E-state index in [2.05, 4.69) is 0 Å². The van der Waals surface area contributed by atoms with Crippen LogP contribution in [0.25, 0.3) is 0 Å². The van der Waals surface area contributed by atoms with Crippen molar-refractivity contribution in [3.05, 3.63) is 35.4 Å². The Morgan fingerprint density at radius 2 is 1.81 bits per heavy atom. The second-order valence-corrected chi connectivity index (χ2v) is 4.69. The molecule has 0 radical (unpaired) electrons. The van der Waals surface area contributed by atoms with Crippen molar-refractivity contribution in [1.29, 1.82) is 0 Å². The number of hydrogen-bond acceptors (Lipinski definition) is 5. The minimum atomic E-state index is -0.662. The lowest BCUT2D eigenvalue weighted by molar-refractivity contribution is -0.145. The molecule has 0 heterocycles. The molecule has 1 aromatic rings. The molecule has 0 saturated carbocycles. The lowest BCUT2D eigenvalue weighted by atomic mass is 10.0. The highest BCUT2D eigenvalue weighted by Crippen LogP contribution is 2.10. The Labute approximate surface area is 125 Å². The molecule has 0 fully saturated rings. The van der Waals surface area contributed by atoms with E-state index in [9.17, 15) is 9.59 Å². The number of hydrogen-bond donors (Lipinski definition) is 1. The maximum Gasteiger partial charge on any atom is 0.323 e. The van der Waals surface area contributed by atoms with Gasteiger partial charge in [0.1, 0.15) is 6.04 Å². The molecule has 0 aliphatic rings. The Kier molecular flexibility index (Phi) is 7.46. The van der Waals surface area contributed by atoms with Crippen molar-refractivity contribution in [2.45, 2.75) is 39.2 Å². The van der Waals surface area contributed by atoms with Crippen molar-refractivity contribution < 1.29 is 19.1 Å². The molecular weight excluding hydrogens is 270 g/mol. The number of nitrogens with two attached hydrogens (primary N) is 1. The third-order valence-corrected chi connectivity index (χ3v) is 2.96. The van der Waals surface area contributed by atoms with E-state index in [-0.39, 0.29) is 5.97 Å². The summed E-state index contributed by atoms with van der Waals surface area (Å²) in [5, 5.41) is 0. The first-order chi connectivity index (χ1) is 10.1. The van der Waals surface area contributed by atoms with Gasteiger partial charge in [0.05, 0.1) is 13.2 Å². The van der Waals surface area contributed by atoms with E-state index in [4.69, 9.17) is 15.2 Å². The first-order valence-electron chi connectivity index (χ1n) is 7.22. The van der Waals surface area contributed by atoms with Crippen LogP contribution in [0.15, 0.2) is 24.3 Å². The number of carbonyl (C=O) groups excluding carboxylic acids is 2. The predicted octanol–water partition coefficient (Wildman–Crippen LogP) is 1.62. The van der Waals surface area contributed by atoms with Crippen LogP contribution in [0, 0.1) is 0 Å². The Bertz CT molecular complexity index is 473. The Hall–Kier alpha value is -1.88. The van der Waals surface area contributed by atoms with E-state index >= 15 is 0 Å². The van der Waals surface area contributed by atoms with Gasteiger partial charge in [-0.1, -0.05) is 24.3 Å². The summed E-state index contributed by atoms with van der Waals surface area (Å²) < 4.78 is 9.78. The zero-order valence-corrected chi connectivity index (χ0v) is 12.6. The zero-order valence-electron chi connectivity index (χ0n) is 12.6. The zero-order chi connectivity index (χ0) is 15.7. The molecule has 0 amide bonds. The summed E-state index contributed by atoms with van der Waals surface area (Å²) in [6.45, 7) is 4.26. The fraction of sp³-hybridized carbons (Fsp3) is 0.500. The van der Waals surface area contributed by atoms with Gasteiger partial charge in [0.2, 0.25) is 0 Å². The van der Waals surface area contributed by atoms with Gasteiger partial charge in [-0.2, -0.15) is 0 Å². The highest BCUT2D eigenvalue weighted by molar-refractivity contribution is 5.75. The van der Waals surface area contributed by atoms with Gasteiger partial charge in [-0.3, -0.25) is 9.59 Å². The second kappa shape index (κ2) is 9.13. The SMILES string of the molecule is CCOC(=O)CCc1cccc(CC(N)C(=O)OCC)c1. The molecule has 1 rings (SSSR count). The maximum absolute atomic E-state index is 11.5. The fourth-order valence-electron chi connectivity index (χ4n) is 1.98. The van der Waals surface area contributed by atoms with Crippen LogP contribution in [0.5, 0.6) is 0 Å². The van der Waals surface area contributed by atoms with E-state index in [1.54, 1.807) is 13.8 Å². The molecule has 5 nitrogen and oxygen atoms in total. The highest BCUT2D eigenvalue weighted by atomic mass is 16.5. The summed E-state index contributed by atoms with van der Waals surface area (Å²) in [6, 6.07) is 7.04. The van der Waals surface area contributed by atoms with Crippen LogP contribution in [-0.4, -0.2) is 31.2 Å². The van der Waals surface area contributed by atoms with Crippen LogP contribution < -0.4 is 5.73 Å². The molecule has 1 atom stereocenters. The summed E-state index contributed by atoms with van der Waals surface area (Å²) in [4.78, 5) is 22.8. The third-order valence-electron chi connectivity index (χ3n) is 2.96. The molecule has 2 N–H and O–H groups in total. The van der Waals surface area contributed by atoms with Crippen molar-refractivity contribution in [2.24, 2.45) is 5.73 Å². The van der Waals surface area contributed by atoms with Crippen LogP contribution in [0.1, 0.15) is 31.4 Å². The minimum absolute atomic E-state index is 0.203. The van der Waals surface area contributed by atoms with Crippen molar-refractivity contribution >= 4 is 11.9 Å². The molecule has 0 aliphatic carbocycles. The van der Waals surface area contributed by atoms with Gasteiger partial charge >= 0.3 is 11.9 Å². The molecule has 1 aromatic carbocycles. The van der Waals surface area contributed by atoms with Crippen LogP contribution in [0.2, 0.25) is 0 Å². The quantitative estimate of drug-likeness (QED) is 0.737. The average Bonchev–Trinajstić information content (AvgIpc) is 2.46. The number of rotatable bonds is 8. The first kappa shape index (κ1) is 17.2. The molecule has 1 unspecified atom stereocenters. The van der Waals surface area contributed by atoms with Gasteiger partial charge in [0.25, 0.3) is 0 Å². The van der Waals surface area contributed by atoms with Crippen LogP contribution >= 0.6 is 0 Å². The minimum Gasteiger partial charge on any atom is -0.466 e. The summed E-state index contributed by atoms with van der Waals surface area (Å²) >= 11 is 0. The van der Waals surface area contributed by atoms with Gasteiger partial charge in [0.15, 0.2) is 0 Å². The van der Waals surface area contributed by atoms with Gasteiger partial charge in [-0.25, -0.2) is 0 Å². The average molecular weight is 293 g/mol. The maximum atomic E-state index is 11.5. The molecule has 0 aliphatic heterocycles. The lowest BCUT2D eigenvalue weighted by Crippen LogP contribution is -2.34. The Morgan fingerprint density at radius 1 is 1.14 bits per heavy atom. The lowest BCUT2D eigenvalue weighted by Gasteiger charge is -2.11. The molecule has 0 bridgehead atoms. The van der Waals surface area contributed by atoms with Gasteiger partial charge in [-0.15, -0.1) is 0 Å². The summed E-state index contributed by atoms with van der Waals surface area (Å²) in [5.74, 6) is -0.597. The molecule has 116 valence electrons. The second-order valence-electron chi connectivity index (χ2n) is 4.69. The van der Waals surface area contributed by atoms with Crippen molar-refractivity contribution in [1.82, 2.24) is 0 Å². The van der Waals surface area contributed by atoms with Gasteiger partial charge in [-0.05, 0) is 37.8 Å². The topological polar surface area (TPSA) is 78.6 Å². The number of esters is 2. The van der Waals surface area contributed by atoms with Crippen molar-refractivity contribution in [3.63, 3.8) is 0 Å². The van der Waals surface area contributed by atoms with Crippen LogP contribution in [-0.2, 0) is 31.9 Å². The summed E-state index contributed by atoms with van der Waals surface area (Å²) in [6.07, 6.45) is 1.38. The molecule has 21 heavy (non-hydrogen) atoms. The van der Waals surface area contributed by atoms with E-state index in [1.165, 1.54) is 0 Å². The third kappa shape index (κ3) is 6.40. The first-order valence-corrected chi connectivity index (χ1v) is 7.22. The predicted molar refractivity (Wildman–Crippen MR) is 79.7 cm³/mol. The van der Waals surface area contributed by atoms with E-state index in [0.29, 0.717) is 32.5 Å². The largest absolute Gasteiger partial charge is 0.466 e. The monoisotopic (exact) mass is 293 g/mol. The molecule has 5 heteroatoms. The number of carbonyl (C=O) groups is 2. The van der Waals surface area contributed by atoms with Crippen LogP contribution in [0.4, 0.5) is 0 Å². The standard InChI is InChI=1S/C16H23NO4/c1-3-20-15(18)9-8-12-6-5-7-13(10-12)11-14(17)16(19)21-4-2/h5-7,10,14H,3-4,8-9,11,17H2,1-2H3. The number of ether oxygens (including phenoxy) is 2. The van der Waals surface area contributed by atoms with E-state index < -0.39 is 12.0 Å². The molecule has 0 spiro atoms. The highest BCUT2D eigenvalue weighted by Gasteiger charge is 2.15. The summed E-state index contributed by atoms with van der Waals surface area (Å²) in [5.41, 5.74) is 7.78. The molecule has 0 aromatic heterocycles. The number of benzene rings is 1. The van der Waals surface area contributed by atoms with Crippen molar-refractivity contribution in [3.8, 4) is 0 Å². The Balaban J connectivity index is 2.55. The normalized spacial score (nSPS) is 11.8. The summed E-state index contributed by atoms with van der Waals surface area (Å²) in [7, 11) is 0.